The highest BCUT2D eigenvalue weighted by Crippen LogP contribution is 2.31. The van der Waals surface area contributed by atoms with Crippen LogP contribution in [0.1, 0.15) is 75.4 Å². The summed E-state index contributed by atoms with van der Waals surface area (Å²) in [4.78, 5) is 47.7. The van der Waals surface area contributed by atoms with Crippen molar-refractivity contribution in [3.8, 4) is 17.6 Å². The minimum Gasteiger partial charge on any atom is -0.497 e. The van der Waals surface area contributed by atoms with Crippen molar-refractivity contribution < 1.29 is 23.9 Å². The highest BCUT2D eigenvalue weighted by Gasteiger charge is 2.37. The number of benzene rings is 2. The number of aromatic nitrogens is 1. The minimum atomic E-state index is -0.215. The van der Waals surface area contributed by atoms with Crippen LogP contribution in [0.3, 0.4) is 0 Å². The molecule has 2 aliphatic heterocycles. The number of amides is 2. The fourth-order valence-corrected chi connectivity index (χ4v) is 6.45. The predicted molar refractivity (Wildman–Crippen MR) is 173 cm³/mol. The third-order valence-electron chi connectivity index (χ3n) is 9.18. The van der Waals surface area contributed by atoms with Crippen LogP contribution in [0.15, 0.2) is 60.8 Å². The molecule has 3 aromatic rings. The number of nitrogens with zero attached hydrogens (tertiary/aromatic N) is 4. The molecule has 2 fully saturated rings. The number of nitrogens with one attached hydrogen (secondary N) is 1. The Hall–Kier alpha value is -4.75. The number of hydrogen-bond acceptors (Lipinski definition) is 8. The van der Waals surface area contributed by atoms with Gasteiger partial charge in [-0.15, -0.1) is 0 Å². The summed E-state index contributed by atoms with van der Waals surface area (Å²) in [6.07, 6.45) is 3.43. The van der Waals surface area contributed by atoms with Gasteiger partial charge in [0.25, 0.3) is 11.8 Å². The summed E-state index contributed by atoms with van der Waals surface area (Å²) in [6.45, 7) is 7.57. The lowest BCUT2D eigenvalue weighted by Gasteiger charge is -2.44. The summed E-state index contributed by atoms with van der Waals surface area (Å²) < 4.78 is 10.5. The van der Waals surface area contributed by atoms with Gasteiger partial charge in [-0.05, 0) is 78.8 Å². The van der Waals surface area contributed by atoms with Crippen molar-refractivity contribution in [1.29, 1.82) is 5.26 Å². The number of piperidine rings is 2. The van der Waals surface area contributed by atoms with E-state index in [2.05, 4.69) is 35.1 Å². The number of nitriles is 1. The van der Waals surface area contributed by atoms with E-state index in [1.54, 1.807) is 61.6 Å². The molecular formula is C36H41N5O5. The first-order chi connectivity index (χ1) is 22.1. The maximum absolute atomic E-state index is 13.2. The molecule has 1 unspecified atom stereocenters. The van der Waals surface area contributed by atoms with Crippen LogP contribution < -0.4 is 14.8 Å². The normalized spacial score (nSPS) is 18.3. The summed E-state index contributed by atoms with van der Waals surface area (Å²) in [5.74, 6) is 0.820. The van der Waals surface area contributed by atoms with Crippen molar-refractivity contribution in [2.75, 3.05) is 40.4 Å². The smallest absolute Gasteiger partial charge is 0.272 e. The lowest BCUT2D eigenvalue weighted by atomic mass is 9.78. The van der Waals surface area contributed by atoms with Gasteiger partial charge >= 0.3 is 0 Å². The van der Waals surface area contributed by atoms with Gasteiger partial charge in [0, 0.05) is 56.4 Å². The molecule has 0 saturated carbocycles. The zero-order chi connectivity index (χ0) is 32.8. The van der Waals surface area contributed by atoms with Gasteiger partial charge in [-0.2, -0.15) is 5.26 Å². The average Bonchev–Trinajstić information content (AvgIpc) is 3.08. The van der Waals surface area contributed by atoms with Gasteiger partial charge < -0.3 is 19.7 Å². The second-order valence-corrected chi connectivity index (χ2v) is 12.8. The fourth-order valence-electron chi connectivity index (χ4n) is 6.45. The quantitative estimate of drug-likeness (QED) is 0.339. The van der Waals surface area contributed by atoms with Gasteiger partial charge in [0.05, 0.1) is 25.3 Å². The first-order valence-corrected chi connectivity index (χ1v) is 15.7. The van der Waals surface area contributed by atoms with E-state index < -0.39 is 0 Å². The molecule has 0 bridgehead atoms. The van der Waals surface area contributed by atoms with Crippen LogP contribution in [0.5, 0.6) is 11.5 Å². The molecule has 10 nitrogen and oxygen atoms in total. The van der Waals surface area contributed by atoms with Crippen molar-refractivity contribution in [2.24, 2.45) is 11.3 Å². The lowest BCUT2D eigenvalue weighted by molar-refractivity contribution is 0.0615. The van der Waals surface area contributed by atoms with Crippen LogP contribution in [0.25, 0.3) is 0 Å². The summed E-state index contributed by atoms with van der Waals surface area (Å²) in [6, 6.07) is 18.1. The van der Waals surface area contributed by atoms with E-state index in [4.69, 9.17) is 9.47 Å². The monoisotopic (exact) mass is 623 g/mol. The Bertz CT molecular complexity index is 1610. The first-order valence-electron chi connectivity index (χ1n) is 15.7. The standard InChI is InChI=1S/C36H41N5O5/c1-36(2)23-40(22-24-5-6-27(20-37)31(19-24)46-4)16-15-32(36)39-34(43)28-9-12-30(38-21-28)35(44)41-17-13-26(14-18-41)33(42)25-7-10-29(45-3)11-8-25/h5-12,19,21,26,32H,13-18,22-23H2,1-4H3,(H,39,43). The summed E-state index contributed by atoms with van der Waals surface area (Å²) in [5, 5.41) is 12.5. The second-order valence-electron chi connectivity index (χ2n) is 12.8. The summed E-state index contributed by atoms with van der Waals surface area (Å²) in [5.41, 5.74) is 2.74. The molecule has 240 valence electrons. The molecule has 2 amide bonds. The van der Waals surface area contributed by atoms with Gasteiger partial charge in [0.15, 0.2) is 5.78 Å². The molecule has 2 aromatic carbocycles. The predicted octanol–water partition coefficient (Wildman–Crippen LogP) is 4.74. The zero-order valence-corrected chi connectivity index (χ0v) is 26.9. The van der Waals surface area contributed by atoms with Crippen LogP contribution in [-0.4, -0.2) is 78.8 Å². The Morgan fingerprint density at radius 2 is 1.67 bits per heavy atom. The van der Waals surface area contributed by atoms with E-state index >= 15 is 0 Å². The first kappa shape index (κ1) is 32.6. The Morgan fingerprint density at radius 3 is 2.28 bits per heavy atom. The zero-order valence-electron chi connectivity index (χ0n) is 26.9. The SMILES string of the molecule is COc1ccc(C(=O)C2CCN(C(=O)c3ccc(C(=O)NC4CCN(Cc5ccc(C#N)c(OC)c5)CC4(C)C)cn3)CC2)cc1. The van der Waals surface area contributed by atoms with E-state index in [0.717, 1.165) is 31.6 Å². The van der Waals surface area contributed by atoms with Crippen LogP contribution in [-0.2, 0) is 6.54 Å². The van der Waals surface area contributed by atoms with Crippen molar-refractivity contribution in [1.82, 2.24) is 20.1 Å². The number of hydrogen-bond donors (Lipinski definition) is 1. The summed E-state index contributed by atoms with van der Waals surface area (Å²) >= 11 is 0. The third-order valence-corrected chi connectivity index (χ3v) is 9.18. The number of likely N-dealkylation sites (tertiary alicyclic amines) is 2. The number of methoxy groups -OCH3 is 2. The maximum atomic E-state index is 13.2. The largest absolute Gasteiger partial charge is 0.497 e. The second kappa shape index (κ2) is 14.1. The van der Waals surface area contributed by atoms with Gasteiger partial charge in [-0.3, -0.25) is 24.3 Å². The Balaban J connectivity index is 1.12. The lowest BCUT2D eigenvalue weighted by Crippen LogP contribution is -2.55. The number of Topliss-reactive ketones (excluding diaryl/α,β-unsaturated/α-hetero) is 1. The van der Waals surface area contributed by atoms with Crippen LogP contribution in [0, 0.1) is 22.7 Å². The number of carbonyl (C=O) groups is 3. The van der Waals surface area contributed by atoms with Crippen molar-refractivity contribution in [3.63, 3.8) is 0 Å². The van der Waals surface area contributed by atoms with Gasteiger partial charge in [-0.25, -0.2) is 0 Å². The molecule has 46 heavy (non-hydrogen) atoms. The van der Waals surface area contributed by atoms with E-state index in [1.807, 2.05) is 12.1 Å². The molecule has 2 saturated heterocycles. The summed E-state index contributed by atoms with van der Waals surface area (Å²) in [7, 11) is 3.16. The minimum absolute atomic E-state index is 0.0324. The molecule has 0 radical (unpaired) electrons. The van der Waals surface area contributed by atoms with E-state index in [-0.39, 0.29) is 40.7 Å². The third kappa shape index (κ3) is 7.37. The number of pyridine rings is 1. The van der Waals surface area contributed by atoms with Gasteiger partial charge in [0.2, 0.25) is 0 Å². The number of rotatable bonds is 9. The molecule has 10 heteroatoms. The molecule has 1 N–H and O–H groups in total. The van der Waals surface area contributed by atoms with E-state index in [0.29, 0.717) is 54.1 Å². The van der Waals surface area contributed by atoms with Crippen molar-refractivity contribution >= 4 is 17.6 Å². The van der Waals surface area contributed by atoms with E-state index in [1.165, 1.54) is 6.20 Å². The molecule has 0 aliphatic carbocycles. The number of ketones is 1. The highest BCUT2D eigenvalue weighted by atomic mass is 16.5. The van der Waals surface area contributed by atoms with Crippen LogP contribution in [0.4, 0.5) is 0 Å². The van der Waals surface area contributed by atoms with Gasteiger partial charge in [0.1, 0.15) is 23.3 Å². The van der Waals surface area contributed by atoms with Crippen LogP contribution in [0.2, 0.25) is 0 Å². The van der Waals surface area contributed by atoms with Crippen LogP contribution >= 0.6 is 0 Å². The molecule has 5 rings (SSSR count). The molecule has 3 heterocycles. The molecule has 2 aliphatic rings. The number of carbonyl (C=O) groups excluding carboxylic acids is 3. The van der Waals surface area contributed by atoms with Crippen molar-refractivity contribution in [3.05, 3.63) is 88.7 Å². The number of ether oxygens (including phenoxy) is 2. The fraction of sp³-hybridized carbons (Fsp3) is 0.417. The maximum Gasteiger partial charge on any atom is 0.272 e. The molecular weight excluding hydrogens is 582 g/mol. The molecule has 1 atom stereocenters. The average molecular weight is 624 g/mol. The molecule has 1 aromatic heterocycles. The Morgan fingerprint density at radius 1 is 0.957 bits per heavy atom. The van der Waals surface area contributed by atoms with Crippen molar-refractivity contribution in [2.45, 2.75) is 45.7 Å². The highest BCUT2D eigenvalue weighted by molar-refractivity contribution is 5.99. The topological polar surface area (TPSA) is 125 Å². The van der Waals surface area contributed by atoms with Gasteiger partial charge in [-0.1, -0.05) is 19.9 Å². The van der Waals surface area contributed by atoms with E-state index in [9.17, 15) is 19.6 Å². The Labute approximate surface area is 270 Å². The molecule has 0 spiro atoms. The Kier molecular flexibility index (Phi) is 10.0.